The fraction of sp³-hybridized carbons (Fsp3) is 0.200. The molecule has 0 aliphatic rings. The van der Waals surface area contributed by atoms with Crippen LogP contribution in [0.1, 0.15) is 11.1 Å². The molecule has 3 aromatic rings. The second-order valence-electron chi connectivity index (χ2n) is 5.74. The maximum Gasteiger partial charge on any atom is 0.229 e. The summed E-state index contributed by atoms with van der Waals surface area (Å²) in [5.74, 6) is 2.31. The second kappa shape index (κ2) is 8.15. The first-order valence-corrected chi connectivity index (χ1v) is 8.27. The zero-order valence-electron chi connectivity index (χ0n) is 14.5. The molecule has 0 saturated carbocycles. The van der Waals surface area contributed by atoms with Crippen molar-refractivity contribution in [3.8, 4) is 5.75 Å². The number of benzene rings is 2. The lowest BCUT2D eigenvalue weighted by atomic mass is 10.1. The number of hydrogen-bond donors (Lipinski definition) is 2. The van der Waals surface area contributed by atoms with Gasteiger partial charge in [0.15, 0.2) is 0 Å². The summed E-state index contributed by atoms with van der Waals surface area (Å²) in [5, 5.41) is 6.61. The maximum absolute atomic E-state index is 5.18. The Labute approximate surface area is 148 Å². The van der Waals surface area contributed by atoms with Gasteiger partial charge in [0.2, 0.25) is 5.95 Å². The SMILES string of the molecule is COc1ccc(CCNc2nc(Nc3ccccc3)ncc2C)cc1. The van der Waals surface area contributed by atoms with E-state index in [1.807, 2.05) is 55.6 Å². The lowest BCUT2D eigenvalue weighted by molar-refractivity contribution is 0.414. The van der Waals surface area contributed by atoms with E-state index >= 15 is 0 Å². The third-order valence-electron chi connectivity index (χ3n) is 3.87. The Morgan fingerprint density at radius 1 is 1.00 bits per heavy atom. The van der Waals surface area contributed by atoms with Crippen molar-refractivity contribution in [1.82, 2.24) is 9.97 Å². The first kappa shape index (κ1) is 16.8. The van der Waals surface area contributed by atoms with E-state index in [1.165, 1.54) is 5.56 Å². The molecule has 0 aliphatic carbocycles. The van der Waals surface area contributed by atoms with Gasteiger partial charge in [0.05, 0.1) is 7.11 Å². The zero-order valence-corrected chi connectivity index (χ0v) is 14.5. The maximum atomic E-state index is 5.18. The molecule has 0 spiro atoms. The van der Waals surface area contributed by atoms with Crippen LogP contribution in [-0.4, -0.2) is 23.6 Å². The predicted molar refractivity (Wildman–Crippen MR) is 102 cm³/mol. The zero-order chi connectivity index (χ0) is 17.5. The summed E-state index contributed by atoms with van der Waals surface area (Å²) in [7, 11) is 1.68. The third-order valence-corrected chi connectivity index (χ3v) is 3.87. The van der Waals surface area contributed by atoms with Gasteiger partial charge in [-0.15, -0.1) is 0 Å². The van der Waals surface area contributed by atoms with Gasteiger partial charge < -0.3 is 15.4 Å². The quantitative estimate of drug-likeness (QED) is 0.678. The first-order chi connectivity index (χ1) is 12.2. The van der Waals surface area contributed by atoms with Gasteiger partial charge in [0.1, 0.15) is 11.6 Å². The Hall–Kier alpha value is -3.08. The third kappa shape index (κ3) is 4.70. The van der Waals surface area contributed by atoms with Crippen molar-refractivity contribution < 1.29 is 4.74 Å². The van der Waals surface area contributed by atoms with Gasteiger partial charge in [0, 0.05) is 24.0 Å². The van der Waals surface area contributed by atoms with Gasteiger partial charge in [-0.3, -0.25) is 0 Å². The van der Waals surface area contributed by atoms with Crippen LogP contribution in [0.2, 0.25) is 0 Å². The van der Waals surface area contributed by atoms with E-state index < -0.39 is 0 Å². The number of methoxy groups -OCH3 is 1. The number of nitrogens with zero attached hydrogens (tertiary/aromatic N) is 2. The number of aromatic nitrogens is 2. The van der Waals surface area contributed by atoms with E-state index in [0.29, 0.717) is 5.95 Å². The summed E-state index contributed by atoms with van der Waals surface area (Å²) in [5.41, 5.74) is 3.24. The summed E-state index contributed by atoms with van der Waals surface area (Å²) in [6.07, 6.45) is 2.74. The number of rotatable bonds is 7. The molecule has 3 rings (SSSR count). The van der Waals surface area contributed by atoms with Crippen molar-refractivity contribution in [2.24, 2.45) is 0 Å². The van der Waals surface area contributed by atoms with Crippen molar-refractivity contribution in [3.63, 3.8) is 0 Å². The Balaban J connectivity index is 1.60. The van der Waals surface area contributed by atoms with E-state index in [9.17, 15) is 0 Å². The lowest BCUT2D eigenvalue weighted by Crippen LogP contribution is -2.09. The van der Waals surface area contributed by atoms with E-state index in [0.717, 1.165) is 35.8 Å². The number of hydrogen-bond acceptors (Lipinski definition) is 5. The topological polar surface area (TPSA) is 59.1 Å². The van der Waals surface area contributed by atoms with Gasteiger partial charge in [-0.1, -0.05) is 30.3 Å². The highest BCUT2D eigenvalue weighted by Gasteiger charge is 2.04. The molecule has 128 valence electrons. The van der Waals surface area contributed by atoms with E-state index in [2.05, 4.69) is 32.7 Å². The normalized spacial score (nSPS) is 10.3. The van der Waals surface area contributed by atoms with Crippen molar-refractivity contribution in [2.75, 3.05) is 24.3 Å². The van der Waals surface area contributed by atoms with Crippen molar-refractivity contribution >= 4 is 17.5 Å². The number of aryl methyl sites for hydroxylation is 1. The molecule has 2 aromatic carbocycles. The number of para-hydroxylation sites is 1. The molecule has 2 N–H and O–H groups in total. The highest BCUT2D eigenvalue weighted by molar-refractivity contribution is 5.55. The fourth-order valence-corrected chi connectivity index (χ4v) is 2.45. The van der Waals surface area contributed by atoms with Crippen LogP contribution in [0.5, 0.6) is 5.75 Å². The van der Waals surface area contributed by atoms with E-state index in [1.54, 1.807) is 7.11 Å². The van der Waals surface area contributed by atoms with Gasteiger partial charge in [-0.25, -0.2) is 4.98 Å². The summed E-state index contributed by atoms with van der Waals surface area (Å²) < 4.78 is 5.18. The van der Waals surface area contributed by atoms with Crippen LogP contribution in [-0.2, 0) is 6.42 Å². The highest BCUT2D eigenvalue weighted by atomic mass is 16.5. The van der Waals surface area contributed by atoms with Gasteiger partial charge >= 0.3 is 0 Å². The predicted octanol–water partition coefficient (Wildman–Crippen LogP) is 4.19. The minimum Gasteiger partial charge on any atom is -0.497 e. The molecule has 0 bridgehead atoms. The molecule has 1 aromatic heterocycles. The average Bonchev–Trinajstić information content (AvgIpc) is 2.66. The van der Waals surface area contributed by atoms with Crippen LogP contribution in [0.4, 0.5) is 17.5 Å². The van der Waals surface area contributed by atoms with E-state index in [-0.39, 0.29) is 0 Å². The Bertz CT molecular complexity index is 804. The minimum atomic E-state index is 0.587. The molecule has 0 radical (unpaired) electrons. The molecular formula is C20H22N4O. The van der Waals surface area contributed by atoms with Crippen molar-refractivity contribution in [2.45, 2.75) is 13.3 Å². The molecule has 0 unspecified atom stereocenters. The second-order valence-corrected chi connectivity index (χ2v) is 5.74. The molecule has 0 fully saturated rings. The summed E-state index contributed by atoms with van der Waals surface area (Å²) in [6.45, 7) is 2.80. The number of nitrogens with one attached hydrogen (secondary N) is 2. The van der Waals surface area contributed by atoms with Crippen LogP contribution in [0.3, 0.4) is 0 Å². The fourth-order valence-electron chi connectivity index (χ4n) is 2.45. The van der Waals surface area contributed by atoms with Crippen LogP contribution in [0.25, 0.3) is 0 Å². The largest absolute Gasteiger partial charge is 0.497 e. The number of ether oxygens (including phenoxy) is 1. The standard InChI is InChI=1S/C20H22N4O/c1-15-14-22-20(23-17-6-4-3-5-7-17)24-19(15)21-13-12-16-8-10-18(25-2)11-9-16/h3-11,14H,12-13H2,1-2H3,(H2,21,22,23,24). The monoisotopic (exact) mass is 334 g/mol. The van der Waals surface area contributed by atoms with Gasteiger partial charge in [-0.05, 0) is 43.2 Å². The van der Waals surface area contributed by atoms with E-state index in [4.69, 9.17) is 4.74 Å². The van der Waals surface area contributed by atoms with Crippen LogP contribution in [0.15, 0.2) is 60.8 Å². The highest BCUT2D eigenvalue weighted by Crippen LogP contribution is 2.17. The summed E-state index contributed by atoms with van der Waals surface area (Å²) in [6, 6.07) is 18.0. The Kier molecular flexibility index (Phi) is 5.46. The van der Waals surface area contributed by atoms with Crippen molar-refractivity contribution in [1.29, 1.82) is 0 Å². The van der Waals surface area contributed by atoms with Gasteiger partial charge in [0.25, 0.3) is 0 Å². The molecular weight excluding hydrogens is 312 g/mol. The lowest BCUT2D eigenvalue weighted by Gasteiger charge is -2.11. The molecule has 0 aliphatic heterocycles. The first-order valence-electron chi connectivity index (χ1n) is 8.27. The summed E-state index contributed by atoms with van der Waals surface area (Å²) in [4.78, 5) is 8.92. The molecule has 0 saturated heterocycles. The molecule has 25 heavy (non-hydrogen) atoms. The Morgan fingerprint density at radius 2 is 1.76 bits per heavy atom. The molecule has 1 heterocycles. The Morgan fingerprint density at radius 3 is 2.48 bits per heavy atom. The molecule has 0 amide bonds. The number of anilines is 3. The van der Waals surface area contributed by atoms with Crippen molar-refractivity contribution in [3.05, 3.63) is 71.9 Å². The van der Waals surface area contributed by atoms with Gasteiger partial charge in [-0.2, -0.15) is 4.98 Å². The smallest absolute Gasteiger partial charge is 0.229 e. The molecule has 5 nitrogen and oxygen atoms in total. The minimum absolute atomic E-state index is 0.587. The summed E-state index contributed by atoms with van der Waals surface area (Å²) >= 11 is 0. The van der Waals surface area contributed by atoms with Crippen LogP contribution in [0, 0.1) is 6.92 Å². The molecule has 0 atom stereocenters. The van der Waals surface area contributed by atoms with Crippen LogP contribution >= 0.6 is 0 Å². The average molecular weight is 334 g/mol. The molecule has 5 heteroatoms. The van der Waals surface area contributed by atoms with Crippen LogP contribution < -0.4 is 15.4 Å².